The molecular formula is C17H19N7O. The van der Waals surface area contributed by atoms with Gasteiger partial charge in [-0.05, 0) is 30.2 Å². The van der Waals surface area contributed by atoms with Crippen molar-refractivity contribution in [2.75, 3.05) is 30.0 Å². The average molecular weight is 337 g/mol. The monoisotopic (exact) mass is 337 g/mol. The minimum Gasteiger partial charge on any atom is -0.497 e. The fourth-order valence-electron chi connectivity index (χ4n) is 2.23. The number of aromatic nitrogens is 4. The van der Waals surface area contributed by atoms with Gasteiger partial charge in [0.15, 0.2) is 0 Å². The summed E-state index contributed by atoms with van der Waals surface area (Å²) in [5, 5.41) is 6.24. The Kier molecular flexibility index (Phi) is 5.20. The van der Waals surface area contributed by atoms with Crippen molar-refractivity contribution in [2.45, 2.75) is 6.42 Å². The van der Waals surface area contributed by atoms with Gasteiger partial charge in [-0.15, -0.1) is 0 Å². The fraction of sp³-hybridized carbons (Fsp3) is 0.176. The molecule has 0 atom stereocenters. The van der Waals surface area contributed by atoms with Crippen molar-refractivity contribution in [1.82, 2.24) is 19.9 Å². The molecule has 0 radical (unpaired) electrons. The zero-order chi connectivity index (χ0) is 17.5. The number of rotatable bonds is 7. The van der Waals surface area contributed by atoms with E-state index in [9.17, 15) is 0 Å². The third-order valence-corrected chi connectivity index (χ3v) is 3.43. The molecule has 0 amide bonds. The van der Waals surface area contributed by atoms with Gasteiger partial charge >= 0.3 is 0 Å². The Morgan fingerprint density at radius 1 is 1.04 bits per heavy atom. The van der Waals surface area contributed by atoms with Crippen LogP contribution in [0, 0.1) is 0 Å². The molecule has 1 aromatic carbocycles. The predicted octanol–water partition coefficient (Wildman–Crippen LogP) is 2.26. The van der Waals surface area contributed by atoms with Gasteiger partial charge in [0, 0.05) is 25.0 Å². The highest BCUT2D eigenvalue weighted by Crippen LogP contribution is 2.16. The number of hydrogen-bond donors (Lipinski definition) is 3. The standard InChI is InChI=1S/C17H19N7O/c1-25-13-5-3-12(4-6-13)7-10-19-14-11-15(23-16(18)22-14)24-17-20-8-2-9-21-17/h2-6,8-9,11H,7,10H2,1H3,(H4,18,19,20,21,22,23,24). The van der Waals surface area contributed by atoms with Gasteiger partial charge in [0.2, 0.25) is 11.9 Å². The zero-order valence-electron chi connectivity index (χ0n) is 13.8. The predicted molar refractivity (Wildman–Crippen MR) is 96.9 cm³/mol. The molecule has 3 rings (SSSR count). The smallest absolute Gasteiger partial charge is 0.228 e. The first kappa shape index (κ1) is 16.4. The minimum absolute atomic E-state index is 0.174. The molecule has 0 fully saturated rings. The van der Waals surface area contributed by atoms with Crippen LogP contribution in [0.4, 0.5) is 23.5 Å². The number of nitrogens with two attached hydrogens (primary N) is 1. The molecule has 0 saturated carbocycles. The Morgan fingerprint density at radius 3 is 2.48 bits per heavy atom. The van der Waals surface area contributed by atoms with Crippen LogP contribution in [0.3, 0.4) is 0 Å². The number of nitrogens with one attached hydrogen (secondary N) is 2. The summed E-state index contributed by atoms with van der Waals surface area (Å²) < 4.78 is 5.15. The van der Waals surface area contributed by atoms with Crippen molar-refractivity contribution in [2.24, 2.45) is 0 Å². The number of nitrogen functional groups attached to an aromatic ring is 1. The molecule has 2 aromatic heterocycles. The first-order chi connectivity index (χ1) is 12.2. The molecule has 25 heavy (non-hydrogen) atoms. The lowest BCUT2D eigenvalue weighted by Gasteiger charge is -2.09. The van der Waals surface area contributed by atoms with E-state index in [0.29, 0.717) is 24.1 Å². The van der Waals surface area contributed by atoms with Crippen molar-refractivity contribution >= 4 is 23.5 Å². The van der Waals surface area contributed by atoms with E-state index in [1.165, 1.54) is 5.56 Å². The van der Waals surface area contributed by atoms with Gasteiger partial charge in [0.1, 0.15) is 17.4 Å². The first-order valence-electron chi connectivity index (χ1n) is 7.78. The zero-order valence-corrected chi connectivity index (χ0v) is 13.8. The van der Waals surface area contributed by atoms with E-state index in [1.54, 1.807) is 31.6 Å². The second-order valence-electron chi connectivity index (χ2n) is 5.22. The molecule has 4 N–H and O–H groups in total. The van der Waals surface area contributed by atoms with Gasteiger partial charge in [0.25, 0.3) is 0 Å². The van der Waals surface area contributed by atoms with Crippen molar-refractivity contribution in [1.29, 1.82) is 0 Å². The molecular weight excluding hydrogens is 318 g/mol. The Labute approximate surface area is 145 Å². The number of methoxy groups -OCH3 is 1. The average Bonchev–Trinajstić information content (AvgIpc) is 2.63. The van der Waals surface area contributed by atoms with E-state index in [-0.39, 0.29) is 5.95 Å². The van der Waals surface area contributed by atoms with Crippen molar-refractivity contribution in [3.63, 3.8) is 0 Å². The Balaban J connectivity index is 1.60. The number of ether oxygens (including phenoxy) is 1. The van der Waals surface area contributed by atoms with Crippen LogP contribution in [0.15, 0.2) is 48.8 Å². The second kappa shape index (κ2) is 7.91. The number of anilines is 4. The molecule has 0 aliphatic heterocycles. The Hall–Kier alpha value is -3.42. The molecule has 0 saturated heterocycles. The lowest BCUT2D eigenvalue weighted by Crippen LogP contribution is -2.09. The summed E-state index contributed by atoms with van der Waals surface area (Å²) in [4.78, 5) is 16.5. The third-order valence-electron chi connectivity index (χ3n) is 3.43. The molecule has 0 spiro atoms. The SMILES string of the molecule is COc1ccc(CCNc2cc(Nc3ncccn3)nc(N)n2)cc1. The van der Waals surface area contributed by atoms with Crippen LogP contribution in [0.1, 0.15) is 5.56 Å². The minimum atomic E-state index is 0.174. The van der Waals surface area contributed by atoms with Gasteiger partial charge in [-0.25, -0.2) is 9.97 Å². The summed E-state index contributed by atoms with van der Waals surface area (Å²) in [7, 11) is 1.65. The van der Waals surface area contributed by atoms with E-state index in [2.05, 4.69) is 30.6 Å². The Bertz CT molecular complexity index is 809. The van der Waals surface area contributed by atoms with Crippen LogP contribution in [-0.4, -0.2) is 33.6 Å². The highest BCUT2D eigenvalue weighted by Gasteiger charge is 2.04. The van der Waals surface area contributed by atoms with E-state index < -0.39 is 0 Å². The highest BCUT2D eigenvalue weighted by molar-refractivity contribution is 5.56. The third kappa shape index (κ3) is 4.77. The van der Waals surface area contributed by atoms with E-state index >= 15 is 0 Å². The molecule has 0 bridgehead atoms. The van der Waals surface area contributed by atoms with E-state index in [4.69, 9.17) is 10.5 Å². The highest BCUT2D eigenvalue weighted by atomic mass is 16.5. The quantitative estimate of drug-likeness (QED) is 0.602. The molecule has 3 aromatic rings. The van der Waals surface area contributed by atoms with E-state index in [1.807, 2.05) is 24.3 Å². The number of nitrogens with zero attached hydrogens (tertiary/aromatic N) is 4. The van der Waals surface area contributed by atoms with Gasteiger partial charge in [-0.1, -0.05) is 12.1 Å². The number of benzene rings is 1. The van der Waals surface area contributed by atoms with Gasteiger partial charge in [-0.3, -0.25) is 0 Å². The molecule has 2 heterocycles. The second-order valence-corrected chi connectivity index (χ2v) is 5.22. The van der Waals surface area contributed by atoms with Gasteiger partial charge in [0.05, 0.1) is 7.11 Å². The van der Waals surface area contributed by atoms with Crippen molar-refractivity contribution < 1.29 is 4.74 Å². The number of hydrogen-bond acceptors (Lipinski definition) is 8. The summed E-state index contributed by atoms with van der Waals surface area (Å²) in [6, 6.07) is 11.5. The van der Waals surface area contributed by atoms with Crippen LogP contribution in [-0.2, 0) is 6.42 Å². The molecule has 0 unspecified atom stereocenters. The summed E-state index contributed by atoms with van der Waals surface area (Å²) >= 11 is 0. The van der Waals surface area contributed by atoms with Crippen LogP contribution < -0.4 is 21.1 Å². The molecule has 8 heteroatoms. The summed E-state index contributed by atoms with van der Waals surface area (Å²) in [5.74, 6) is 2.64. The molecule has 128 valence electrons. The fourth-order valence-corrected chi connectivity index (χ4v) is 2.23. The molecule has 0 aliphatic carbocycles. The van der Waals surface area contributed by atoms with Gasteiger partial charge < -0.3 is 21.1 Å². The van der Waals surface area contributed by atoms with Crippen molar-refractivity contribution in [3.05, 3.63) is 54.4 Å². The largest absolute Gasteiger partial charge is 0.497 e. The maximum absolute atomic E-state index is 5.77. The van der Waals surface area contributed by atoms with E-state index in [0.717, 1.165) is 12.2 Å². The Morgan fingerprint density at radius 2 is 1.76 bits per heavy atom. The van der Waals surface area contributed by atoms with Crippen LogP contribution in [0.5, 0.6) is 5.75 Å². The molecule has 8 nitrogen and oxygen atoms in total. The van der Waals surface area contributed by atoms with Gasteiger partial charge in [-0.2, -0.15) is 9.97 Å². The summed E-state index contributed by atoms with van der Waals surface area (Å²) in [6.07, 6.45) is 4.14. The van der Waals surface area contributed by atoms with Crippen LogP contribution >= 0.6 is 0 Å². The lowest BCUT2D eigenvalue weighted by molar-refractivity contribution is 0.414. The molecule has 0 aliphatic rings. The normalized spacial score (nSPS) is 10.3. The summed E-state index contributed by atoms with van der Waals surface area (Å²) in [5.41, 5.74) is 6.97. The summed E-state index contributed by atoms with van der Waals surface area (Å²) in [6.45, 7) is 0.712. The lowest BCUT2D eigenvalue weighted by atomic mass is 10.1. The first-order valence-corrected chi connectivity index (χ1v) is 7.78. The van der Waals surface area contributed by atoms with Crippen LogP contribution in [0.25, 0.3) is 0 Å². The maximum atomic E-state index is 5.77. The van der Waals surface area contributed by atoms with Crippen molar-refractivity contribution in [3.8, 4) is 5.75 Å². The maximum Gasteiger partial charge on any atom is 0.228 e. The topological polar surface area (TPSA) is 111 Å². The van der Waals surface area contributed by atoms with Crippen LogP contribution in [0.2, 0.25) is 0 Å².